The van der Waals surface area contributed by atoms with Crippen molar-refractivity contribution in [2.75, 3.05) is 18.8 Å². The highest BCUT2D eigenvalue weighted by Crippen LogP contribution is 2.19. The molecule has 0 spiro atoms. The number of carbonyl (C=O) groups excluding carboxylic acids is 1. The van der Waals surface area contributed by atoms with Crippen LogP contribution in [-0.4, -0.2) is 44.1 Å². The summed E-state index contributed by atoms with van der Waals surface area (Å²) in [6.07, 6.45) is 1.95. The molecule has 1 aromatic carbocycles. The Morgan fingerprint density at radius 1 is 1.35 bits per heavy atom. The summed E-state index contributed by atoms with van der Waals surface area (Å²) in [5.74, 6) is 0.0487. The molecule has 8 heteroatoms. The summed E-state index contributed by atoms with van der Waals surface area (Å²) in [4.78, 5) is 14.3. The fourth-order valence-electron chi connectivity index (χ4n) is 2.57. The maximum absolute atomic E-state index is 12.4. The Bertz CT molecular complexity index is 619. The predicted octanol–water partition coefficient (Wildman–Crippen LogP) is 1.11. The molecule has 1 unspecified atom stereocenters. The summed E-state index contributed by atoms with van der Waals surface area (Å²) >= 11 is 0. The second kappa shape index (κ2) is 8.63. The second-order valence-corrected chi connectivity index (χ2v) is 7.55. The SMILES string of the molecule is CCS(=O)(=O)NCc1ccc(C(=O)N2CCCC2CN)cc1.Cl. The van der Waals surface area contributed by atoms with E-state index >= 15 is 0 Å². The number of benzene rings is 1. The van der Waals surface area contributed by atoms with Crippen LogP contribution in [0.1, 0.15) is 35.7 Å². The molecule has 0 saturated carbocycles. The van der Waals surface area contributed by atoms with Crippen molar-refractivity contribution < 1.29 is 13.2 Å². The fraction of sp³-hybridized carbons (Fsp3) is 0.533. The lowest BCUT2D eigenvalue weighted by atomic mass is 10.1. The molecule has 3 N–H and O–H groups in total. The molecule has 2 rings (SSSR count). The van der Waals surface area contributed by atoms with Crippen LogP contribution in [0.25, 0.3) is 0 Å². The molecular formula is C15H24ClN3O3S. The van der Waals surface area contributed by atoms with Gasteiger partial charge in [0.1, 0.15) is 0 Å². The Balaban J connectivity index is 0.00000264. The van der Waals surface area contributed by atoms with Gasteiger partial charge in [0.15, 0.2) is 0 Å². The van der Waals surface area contributed by atoms with E-state index in [0.29, 0.717) is 12.1 Å². The van der Waals surface area contributed by atoms with Gasteiger partial charge in [-0.05, 0) is 37.5 Å². The second-order valence-electron chi connectivity index (χ2n) is 5.45. The molecule has 0 bridgehead atoms. The first-order valence-electron chi connectivity index (χ1n) is 7.54. The molecule has 1 aliphatic rings. The highest BCUT2D eigenvalue weighted by Gasteiger charge is 2.28. The summed E-state index contributed by atoms with van der Waals surface area (Å²) in [7, 11) is -3.21. The minimum atomic E-state index is -3.21. The van der Waals surface area contributed by atoms with Gasteiger partial charge >= 0.3 is 0 Å². The number of sulfonamides is 1. The van der Waals surface area contributed by atoms with Crippen LogP contribution in [0.3, 0.4) is 0 Å². The fourth-order valence-corrected chi connectivity index (χ4v) is 3.17. The van der Waals surface area contributed by atoms with Crippen molar-refractivity contribution in [3.63, 3.8) is 0 Å². The summed E-state index contributed by atoms with van der Waals surface area (Å²) < 4.78 is 25.3. The number of likely N-dealkylation sites (tertiary alicyclic amines) is 1. The number of nitrogens with zero attached hydrogens (tertiary/aromatic N) is 1. The summed E-state index contributed by atoms with van der Waals surface area (Å²) in [5, 5.41) is 0. The number of nitrogens with two attached hydrogens (primary N) is 1. The minimum absolute atomic E-state index is 0. The predicted molar refractivity (Wildman–Crippen MR) is 93.1 cm³/mol. The maximum atomic E-state index is 12.4. The normalized spacial score (nSPS) is 17.8. The van der Waals surface area contributed by atoms with Gasteiger partial charge in [-0.15, -0.1) is 12.4 Å². The van der Waals surface area contributed by atoms with Crippen molar-refractivity contribution in [3.05, 3.63) is 35.4 Å². The molecule has 0 aromatic heterocycles. The van der Waals surface area contributed by atoms with Gasteiger partial charge in [0.05, 0.1) is 5.75 Å². The minimum Gasteiger partial charge on any atom is -0.334 e. The number of hydrogen-bond acceptors (Lipinski definition) is 4. The van der Waals surface area contributed by atoms with Crippen molar-refractivity contribution in [1.29, 1.82) is 0 Å². The van der Waals surface area contributed by atoms with Gasteiger partial charge in [0, 0.05) is 31.2 Å². The average Bonchev–Trinajstić information content (AvgIpc) is 3.01. The standard InChI is InChI=1S/C15H23N3O3S.ClH/c1-2-22(20,21)17-11-12-5-7-13(8-6-12)15(19)18-9-3-4-14(18)10-16;/h5-8,14,17H,2-4,9-11,16H2,1H3;1H. The van der Waals surface area contributed by atoms with Crippen LogP contribution in [0.5, 0.6) is 0 Å². The summed E-state index contributed by atoms with van der Waals surface area (Å²) in [6.45, 7) is 3.06. The molecule has 130 valence electrons. The molecule has 0 aliphatic carbocycles. The maximum Gasteiger partial charge on any atom is 0.254 e. The van der Waals surface area contributed by atoms with Crippen LogP contribution < -0.4 is 10.5 Å². The lowest BCUT2D eigenvalue weighted by molar-refractivity contribution is 0.0741. The van der Waals surface area contributed by atoms with Gasteiger partial charge in [-0.2, -0.15) is 0 Å². The van der Waals surface area contributed by atoms with E-state index < -0.39 is 10.0 Å². The number of hydrogen-bond donors (Lipinski definition) is 2. The first-order chi connectivity index (χ1) is 10.5. The van der Waals surface area contributed by atoms with Crippen LogP contribution in [-0.2, 0) is 16.6 Å². The van der Waals surface area contributed by atoms with Crippen LogP contribution >= 0.6 is 12.4 Å². The zero-order valence-electron chi connectivity index (χ0n) is 13.2. The van der Waals surface area contributed by atoms with E-state index in [4.69, 9.17) is 5.73 Å². The van der Waals surface area contributed by atoms with E-state index in [1.54, 1.807) is 31.2 Å². The van der Waals surface area contributed by atoms with Gasteiger partial charge < -0.3 is 10.6 Å². The number of amides is 1. The molecule has 1 aromatic rings. The highest BCUT2D eigenvalue weighted by molar-refractivity contribution is 7.89. The monoisotopic (exact) mass is 361 g/mol. The third-order valence-corrected chi connectivity index (χ3v) is 5.33. The van der Waals surface area contributed by atoms with Gasteiger partial charge in [0.25, 0.3) is 5.91 Å². The van der Waals surface area contributed by atoms with Gasteiger partial charge in [-0.1, -0.05) is 12.1 Å². The van der Waals surface area contributed by atoms with Crippen molar-refractivity contribution in [2.45, 2.75) is 32.4 Å². The zero-order chi connectivity index (χ0) is 16.2. The van der Waals surface area contributed by atoms with E-state index in [-0.39, 0.29) is 36.7 Å². The molecule has 0 radical (unpaired) electrons. The first-order valence-corrected chi connectivity index (χ1v) is 9.19. The van der Waals surface area contributed by atoms with Crippen LogP contribution in [0.2, 0.25) is 0 Å². The van der Waals surface area contributed by atoms with Crippen molar-refractivity contribution in [2.24, 2.45) is 5.73 Å². The molecule has 1 saturated heterocycles. The van der Waals surface area contributed by atoms with Crippen LogP contribution in [0, 0.1) is 0 Å². The molecule has 6 nitrogen and oxygen atoms in total. The van der Waals surface area contributed by atoms with E-state index in [0.717, 1.165) is 24.9 Å². The molecule has 1 fully saturated rings. The van der Waals surface area contributed by atoms with Crippen molar-refractivity contribution >= 4 is 28.3 Å². The van der Waals surface area contributed by atoms with E-state index in [2.05, 4.69) is 4.72 Å². The molecule has 23 heavy (non-hydrogen) atoms. The largest absolute Gasteiger partial charge is 0.334 e. The summed E-state index contributed by atoms with van der Waals surface area (Å²) in [6, 6.07) is 7.16. The third-order valence-electron chi connectivity index (χ3n) is 3.99. The molecule has 1 atom stereocenters. The average molecular weight is 362 g/mol. The highest BCUT2D eigenvalue weighted by atomic mass is 35.5. The van der Waals surface area contributed by atoms with Gasteiger partial charge in [0.2, 0.25) is 10.0 Å². The van der Waals surface area contributed by atoms with Crippen LogP contribution in [0.4, 0.5) is 0 Å². The Kier molecular flexibility index (Phi) is 7.47. The molecule has 1 heterocycles. The third kappa shape index (κ3) is 5.17. The lowest BCUT2D eigenvalue weighted by Gasteiger charge is -2.23. The zero-order valence-corrected chi connectivity index (χ0v) is 14.8. The number of halogens is 1. The number of carbonyl (C=O) groups is 1. The molecular weight excluding hydrogens is 338 g/mol. The Morgan fingerprint density at radius 2 is 2.00 bits per heavy atom. The number of nitrogens with one attached hydrogen (secondary N) is 1. The smallest absolute Gasteiger partial charge is 0.254 e. The van der Waals surface area contributed by atoms with Gasteiger partial charge in [-0.3, -0.25) is 4.79 Å². The Labute approximate surface area is 143 Å². The quantitative estimate of drug-likeness (QED) is 0.793. The Morgan fingerprint density at radius 3 is 2.57 bits per heavy atom. The van der Waals surface area contributed by atoms with Crippen molar-refractivity contribution in [1.82, 2.24) is 9.62 Å². The number of rotatable bonds is 6. The van der Waals surface area contributed by atoms with E-state index in [1.165, 1.54) is 0 Å². The van der Waals surface area contributed by atoms with E-state index in [9.17, 15) is 13.2 Å². The van der Waals surface area contributed by atoms with Crippen LogP contribution in [0.15, 0.2) is 24.3 Å². The lowest BCUT2D eigenvalue weighted by Crippen LogP contribution is -2.39. The topological polar surface area (TPSA) is 92.5 Å². The molecule has 1 aliphatic heterocycles. The van der Waals surface area contributed by atoms with E-state index in [1.807, 2.05) is 4.90 Å². The molecule has 1 amide bonds. The van der Waals surface area contributed by atoms with Gasteiger partial charge in [-0.25, -0.2) is 13.1 Å². The Hall–Kier alpha value is -1.15. The van der Waals surface area contributed by atoms with Crippen molar-refractivity contribution in [3.8, 4) is 0 Å². The first kappa shape index (κ1) is 19.9. The summed E-state index contributed by atoms with van der Waals surface area (Å²) in [5.41, 5.74) is 7.14.